The molecule has 1 unspecified atom stereocenters. The van der Waals surface area contributed by atoms with Crippen molar-refractivity contribution in [3.05, 3.63) is 35.9 Å². The van der Waals surface area contributed by atoms with E-state index in [1.165, 1.54) is 31.2 Å². The Bertz CT molecular complexity index is 236. The fraction of sp³-hybridized carbons (Fsp3) is 0.500. The van der Waals surface area contributed by atoms with Crippen molar-refractivity contribution in [1.82, 2.24) is 0 Å². The first-order chi connectivity index (χ1) is 6.24. The van der Waals surface area contributed by atoms with Gasteiger partial charge in [-0.15, -0.1) is 6.58 Å². The van der Waals surface area contributed by atoms with E-state index in [4.69, 9.17) is 0 Å². The molecule has 1 rings (SSSR count). The molecule has 0 aromatic heterocycles. The number of allylic oxidation sites excluding steroid dienone is 5. The van der Waals surface area contributed by atoms with Gasteiger partial charge >= 0.3 is 0 Å². The molecule has 0 aromatic rings. The standard InChI is InChI=1S/C12H19B/c1-4-10(2)11(3)13-12-8-6-5-7-9-12/h6,8-9,11,13H,2,4-5,7H2,1,3H3. The predicted molar refractivity (Wildman–Crippen MR) is 62.5 cm³/mol. The summed E-state index contributed by atoms with van der Waals surface area (Å²) < 4.78 is 0. The van der Waals surface area contributed by atoms with Gasteiger partial charge in [-0.1, -0.05) is 43.1 Å². The third-order valence-electron chi connectivity index (χ3n) is 2.76. The van der Waals surface area contributed by atoms with E-state index in [0.717, 1.165) is 6.42 Å². The molecule has 0 bridgehead atoms. The second-order valence-corrected chi connectivity index (χ2v) is 3.88. The summed E-state index contributed by atoms with van der Waals surface area (Å²) in [6.45, 7) is 8.54. The highest BCUT2D eigenvalue weighted by Gasteiger charge is 2.09. The predicted octanol–water partition coefficient (Wildman–Crippen LogP) is 3.43. The number of hydrogen-bond acceptors (Lipinski definition) is 0. The first kappa shape index (κ1) is 10.4. The number of rotatable bonds is 4. The second-order valence-electron chi connectivity index (χ2n) is 3.88. The highest BCUT2D eigenvalue weighted by Crippen LogP contribution is 2.21. The van der Waals surface area contributed by atoms with Gasteiger partial charge in [0.25, 0.3) is 0 Å². The summed E-state index contributed by atoms with van der Waals surface area (Å²) in [6, 6.07) is 0. The van der Waals surface area contributed by atoms with Crippen LogP contribution in [0.15, 0.2) is 35.9 Å². The SMILES string of the molecule is C=C(CC)C(C)BC1=CCCC=C1. The van der Waals surface area contributed by atoms with E-state index in [9.17, 15) is 0 Å². The Morgan fingerprint density at radius 1 is 1.62 bits per heavy atom. The molecule has 13 heavy (non-hydrogen) atoms. The van der Waals surface area contributed by atoms with E-state index < -0.39 is 0 Å². The summed E-state index contributed by atoms with van der Waals surface area (Å²) in [7, 11) is 1.17. The van der Waals surface area contributed by atoms with Crippen LogP contribution < -0.4 is 0 Å². The Hall–Kier alpha value is -0.715. The first-order valence-corrected chi connectivity index (χ1v) is 5.27. The van der Waals surface area contributed by atoms with Crippen LogP contribution in [0.25, 0.3) is 0 Å². The molecule has 0 amide bonds. The maximum Gasteiger partial charge on any atom is 0.164 e. The van der Waals surface area contributed by atoms with Crippen LogP contribution in [0.2, 0.25) is 5.82 Å². The van der Waals surface area contributed by atoms with E-state index in [0.29, 0.717) is 5.82 Å². The maximum atomic E-state index is 4.09. The van der Waals surface area contributed by atoms with Gasteiger partial charge in [-0.3, -0.25) is 0 Å². The van der Waals surface area contributed by atoms with Gasteiger partial charge in [-0.25, -0.2) is 0 Å². The number of hydrogen-bond donors (Lipinski definition) is 0. The van der Waals surface area contributed by atoms with Crippen LogP contribution in [0, 0.1) is 0 Å². The zero-order chi connectivity index (χ0) is 9.68. The zero-order valence-electron chi connectivity index (χ0n) is 8.84. The summed E-state index contributed by atoms with van der Waals surface area (Å²) in [6.07, 6.45) is 10.4. The van der Waals surface area contributed by atoms with Crippen molar-refractivity contribution >= 4 is 7.28 Å². The van der Waals surface area contributed by atoms with E-state index in [2.05, 4.69) is 38.7 Å². The molecule has 0 radical (unpaired) electrons. The molecule has 0 aromatic carbocycles. The summed E-state index contributed by atoms with van der Waals surface area (Å²) in [5.41, 5.74) is 2.87. The van der Waals surface area contributed by atoms with Crippen molar-refractivity contribution in [2.24, 2.45) is 0 Å². The Balaban J connectivity index is 2.43. The summed E-state index contributed by atoms with van der Waals surface area (Å²) >= 11 is 0. The van der Waals surface area contributed by atoms with Crippen LogP contribution in [-0.2, 0) is 0 Å². The topological polar surface area (TPSA) is 0 Å². The molecular formula is C12H19B. The van der Waals surface area contributed by atoms with Crippen LogP contribution in [0.5, 0.6) is 0 Å². The molecule has 0 N–H and O–H groups in total. The fourth-order valence-corrected chi connectivity index (χ4v) is 1.67. The average Bonchev–Trinajstić information content (AvgIpc) is 2.18. The highest BCUT2D eigenvalue weighted by atomic mass is 14.0. The van der Waals surface area contributed by atoms with Gasteiger partial charge in [0.15, 0.2) is 7.28 Å². The molecule has 70 valence electrons. The third-order valence-corrected chi connectivity index (χ3v) is 2.76. The average molecular weight is 174 g/mol. The van der Waals surface area contributed by atoms with E-state index >= 15 is 0 Å². The van der Waals surface area contributed by atoms with E-state index in [1.54, 1.807) is 0 Å². The molecule has 0 nitrogen and oxygen atoms in total. The molecule has 0 aliphatic heterocycles. The van der Waals surface area contributed by atoms with Gasteiger partial charge in [-0.2, -0.15) is 0 Å². The largest absolute Gasteiger partial charge is 0.164 e. The molecular weight excluding hydrogens is 155 g/mol. The van der Waals surface area contributed by atoms with Crippen LogP contribution in [0.3, 0.4) is 0 Å². The van der Waals surface area contributed by atoms with Crippen molar-refractivity contribution < 1.29 is 0 Å². The van der Waals surface area contributed by atoms with E-state index in [-0.39, 0.29) is 0 Å². The molecule has 0 saturated heterocycles. The van der Waals surface area contributed by atoms with Gasteiger partial charge in [0, 0.05) is 0 Å². The van der Waals surface area contributed by atoms with Crippen LogP contribution in [0.4, 0.5) is 0 Å². The quantitative estimate of drug-likeness (QED) is 0.452. The van der Waals surface area contributed by atoms with Gasteiger partial charge in [0.2, 0.25) is 0 Å². The highest BCUT2D eigenvalue weighted by molar-refractivity contribution is 6.49. The maximum absolute atomic E-state index is 4.09. The monoisotopic (exact) mass is 174 g/mol. The van der Waals surface area contributed by atoms with E-state index in [1.807, 2.05) is 0 Å². The van der Waals surface area contributed by atoms with Crippen LogP contribution >= 0.6 is 0 Å². The summed E-state index contributed by atoms with van der Waals surface area (Å²) in [5.74, 6) is 0.638. The van der Waals surface area contributed by atoms with Crippen LogP contribution in [0.1, 0.15) is 33.1 Å². The molecule has 1 aliphatic rings. The lowest BCUT2D eigenvalue weighted by Crippen LogP contribution is -2.05. The minimum absolute atomic E-state index is 0.638. The first-order valence-electron chi connectivity index (χ1n) is 5.27. The molecule has 1 aliphatic carbocycles. The minimum Gasteiger partial charge on any atom is -0.100 e. The Kier molecular flexibility index (Phi) is 4.07. The lowest BCUT2D eigenvalue weighted by molar-refractivity contribution is 0.970. The van der Waals surface area contributed by atoms with Crippen molar-refractivity contribution in [2.75, 3.05) is 0 Å². The van der Waals surface area contributed by atoms with Gasteiger partial charge in [-0.05, 0) is 25.1 Å². The van der Waals surface area contributed by atoms with Crippen molar-refractivity contribution in [3.63, 3.8) is 0 Å². The molecule has 0 heterocycles. The normalized spacial score (nSPS) is 17.8. The van der Waals surface area contributed by atoms with Crippen LogP contribution in [-0.4, -0.2) is 7.28 Å². The lowest BCUT2D eigenvalue weighted by Gasteiger charge is -2.13. The smallest absolute Gasteiger partial charge is 0.100 e. The molecule has 1 heteroatoms. The Labute approximate surface area is 82.7 Å². The molecule has 0 spiro atoms. The Morgan fingerprint density at radius 3 is 2.92 bits per heavy atom. The fourth-order valence-electron chi connectivity index (χ4n) is 1.67. The molecule has 0 saturated carbocycles. The second kappa shape index (κ2) is 5.11. The van der Waals surface area contributed by atoms with Crippen molar-refractivity contribution in [3.8, 4) is 0 Å². The minimum atomic E-state index is 0.638. The lowest BCUT2D eigenvalue weighted by atomic mass is 9.56. The third kappa shape index (κ3) is 3.26. The van der Waals surface area contributed by atoms with Crippen molar-refractivity contribution in [1.29, 1.82) is 0 Å². The molecule has 1 atom stereocenters. The zero-order valence-corrected chi connectivity index (χ0v) is 8.84. The summed E-state index contributed by atoms with van der Waals surface area (Å²) in [5, 5.41) is 0. The van der Waals surface area contributed by atoms with Gasteiger partial charge in [0.1, 0.15) is 0 Å². The Morgan fingerprint density at radius 2 is 2.38 bits per heavy atom. The van der Waals surface area contributed by atoms with Crippen molar-refractivity contribution in [2.45, 2.75) is 38.9 Å². The van der Waals surface area contributed by atoms with Gasteiger partial charge in [0.05, 0.1) is 0 Å². The molecule has 0 fully saturated rings. The van der Waals surface area contributed by atoms with Gasteiger partial charge < -0.3 is 0 Å². The summed E-state index contributed by atoms with van der Waals surface area (Å²) in [4.78, 5) is 0.